The molecule has 0 radical (unpaired) electrons. The van der Waals surface area contributed by atoms with Gasteiger partial charge in [0, 0.05) is 9.92 Å². The third kappa shape index (κ3) is 3.23. The van der Waals surface area contributed by atoms with E-state index in [1.54, 1.807) is 13.8 Å². The Morgan fingerprint density at radius 2 is 1.86 bits per heavy atom. The quantitative estimate of drug-likeness (QED) is 0.799. The molecule has 0 fully saturated rings. The molecular formula is C17H17ClO3S. The van der Waals surface area contributed by atoms with Crippen molar-refractivity contribution in [3.63, 3.8) is 0 Å². The number of hydrogen-bond acceptors (Lipinski definition) is 4. The van der Waals surface area contributed by atoms with Gasteiger partial charge in [0.25, 0.3) is 0 Å². The van der Waals surface area contributed by atoms with Gasteiger partial charge < -0.3 is 9.84 Å². The fraction of sp³-hybridized carbons (Fsp3) is 0.235. The maximum atomic E-state index is 12.1. The molecule has 116 valence electrons. The summed E-state index contributed by atoms with van der Waals surface area (Å²) in [5.41, 5.74) is 1.42. The van der Waals surface area contributed by atoms with Crippen LogP contribution in [-0.4, -0.2) is 17.7 Å². The van der Waals surface area contributed by atoms with Gasteiger partial charge in [-0.25, -0.2) is 4.79 Å². The monoisotopic (exact) mass is 336 g/mol. The molecule has 0 unspecified atom stereocenters. The number of ether oxygens (including phenoxy) is 1. The van der Waals surface area contributed by atoms with Crippen molar-refractivity contribution in [2.75, 3.05) is 6.61 Å². The first-order valence-corrected chi connectivity index (χ1v) is 8.08. The van der Waals surface area contributed by atoms with Crippen molar-refractivity contribution in [3.8, 4) is 5.75 Å². The number of carbonyl (C=O) groups is 1. The van der Waals surface area contributed by atoms with Crippen LogP contribution in [0.15, 0.2) is 40.1 Å². The van der Waals surface area contributed by atoms with Crippen molar-refractivity contribution < 1.29 is 14.6 Å². The lowest BCUT2D eigenvalue weighted by atomic mass is 10.0. The lowest BCUT2D eigenvalue weighted by molar-refractivity contribution is 0.0521. The zero-order valence-electron chi connectivity index (χ0n) is 12.6. The molecule has 0 amide bonds. The van der Waals surface area contributed by atoms with Gasteiger partial charge in [-0.05, 0) is 44.0 Å². The zero-order chi connectivity index (χ0) is 16.3. The molecule has 2 aromatic rings. The van der Waals surface area contributed by atoms with Crippen LogP contribution < -0.4 is 0 Å². The fourth-order valence-corrected chi connectivity index (χ4v) is 3.37. The van der Waals surface area contributed by atoms with Crippen molar-refractivity contribution in [2.24, 2.45) is 0 Å². The Labute approximate surface area is 139 Å². The van der Waals surface area contributed by atoms with E-state index in [4.69, 9.17) is 16.3 Å². The molecule has 2 rings (SSSR count). The molecule has 0 heterocycles. The van der Waals surface area contributed by atoms with E-state index in [1.165, 1.54) is 11.8 Å². The van der Waals surface area contributed by atoms with Crippen molar-refractivity contribution in [1.29, 1.82) is 0 Å². The van der Waals surface area contributed by atoms with E-state index < -0.39 is 5.97 Å². The van der Waals surface area contributed by atoms with Crippen LogP contribution in [0.1, 0.15) is 28.4 Å². The molecule has 0 aromatic heterocycles. The van der Waals surface area contributed by atoms with E-state index in [9.17, 15) is 9.90 Å². The standard InChI is InChI=1S/C17H17ClO3S/c1-4-21-17(20)13-10(2)14(18)11(3)16(15(13)19)22-12-8-6-5-7-9-12/h5-9,19H,4H2,1-3H3. The van der Waals surface area contributed by atoms with Gasteiger partial charge in [-0.3, -0.25) is 0 Å². The number of benzene rings is 2. The molecular weight excluding hydrogens is 320 g/mol. The Morgan fingerprint density at radius 3 is 2.45 bits per heavy atom. The third-order valence-electron chi connectivity index (χ3n) is 3.27. The highest BCUT2D eigenvalue weighted by Gasteiger charge is 2.24. The Bertz CT molecular complexity index is 699. The summed E-state index contributed by atoms with van der Waals surface area (Å²) in [4.78, 5) is 13.6. The molecule has 0 saturated carbocycles. The Kier molecular flexibility index (Phi) is 5.37. The molecule has 2 aromatic carbocycles. The Hall–Kier alpha value is -1.65. The molecule has 0 aliphatic carbocycles. The first-order valence-electron chi connectivity index (χ1n) is 6.89. The second kappa shape index (κ2) is 7.07. The number of rotatable bonds is 4. The zero-order valence-corrected chi connectivity index (χ0v) is 14.2. The summed E-state index contributed by atoms with van der Waals surface area (Å²) in [6.45, 7) is 5.50. The van der Waals surface area contributed by atoms with E-state index in [0.717, 1.165) is 10.5 Å². The highest BCUT2D eigenvalue weighted by molar-refractivity contribution is 7.99. The fourth-order valence-electron chi connectivity index (χ4n) is 2.14. The summed E-state index contributed by atoms with van der Waals surface area (Å²) in [5.74, 6) is -0.638. The number of halogens is 1. The maximum Gasteiger partial charge on any atom is 0.342 e. The second-order valence-electron chi connectivity index (χ2n) is 4.75. The minimum atomic E-state index is -0.561. The lowest BCUT2D eigenvalue weighted by Crippen LogP contribution is -2.09. The molecule has 0 spiro atoms. The lowest BCUT2D eigenvalue weighted by Gasteiger charge is -2.16. The van der Waals surface area contributed by atoms with Crippen molar-refractivity contribution in [2.45, 2.75) is 30.6 Å². The maximum absolute atomic E-state index is 12.1. The van der Waals surface area contributed by atoms with Gasteiger partial charge in [0.1, 0.15) is 11.3 Å². The van der Waals surface area contributed by atoms with E-state index >= 15 is 0 Å². The van der Waals surface area contributed by atoms with Gasteiger partial charge in [0.15, 0.2) is 0 Å². The normalized spacial score (nSPS) is 10.5. The van der Waals surface area contributed by atoms with Crippen LogP contribution in [0.5, 0.6) is 5.75 Å². The first-order chi connectivity index (χ1) is 10.5. The van der Waals surface area contributed by atoms with E-state index in [2.05, 4.69) is 0 Å². The summed E-state index contributed by atoms with van der Waals surface area (Å²) in [6, 6.07) is 9.61. The van der Waals surface area contributed by atoms with Crippen molar-refractivity contribution >= 4 is 29.3 Å². The number of esters is 1. The van der Waals surface area contributed by atoms with Crippen LogP contribution in [0.2, 0.25) is 5.02 Å². The largest absolute Gasteiger partial charge is 0.506 e. The second-order valence-corrected chi connectivity index (χ2v) is 6.21. The molecule has 0 atom stereocenters. The van der Waals surface area contributed by atoms with Crippen molar-refractivity contribution in [3.05, 3.63) is 52.0 Å². The predicted molar refractivity (Wildman–Crippen MR) is 89.1 cm³/mol. The Balaban J connectivity index is 2.56. The number of phenols is 1. The van der Waals surface area contributed by atoms with E-state index in [0.29, 0.717) is 15.5 Å². The van der Waals surface area contributed by atoms with Gasteiger partial charge in [-0.15, -0.1) is 0 Å². The number of hydrogen-bond donors (Lipinski definition) is 1. The van der Waals surface area contributed by atoms with Gasteiger partial charge >= 0.3 is 5.97 Å². The van der Waals surface area contributed by atoms with Crippen LogP contribution >= 0.6 is 23.4 Å². The van der Waals surface area contributed by atoms with Crippen LogP contribution in [0.25, 0.3) is 0 Å². The Morgan fingerprint density at radius 1 is 1.23 bits per heavy atom. The van der Waals surface area contributed by atoms with Crippen molar-refractivity contribution in [1.82, 2.24) is 0 Å². The van der Waals surface area contributed by atoms with Crippen LogP contribution in [0.3, 0.4) is 0 Å². The van der Waals surface area contributed by atoms with Crippen LogP contribution in [0.4, 0.5) is 0 Å². The third-order valence-corrected chi connectivity index (χ3v) is 5.05. The molecule has 22 heavy (non-hydrogen) atoms. The highest BCUT2D eigenvalue weighted by Crippen LogP contribution is 2.44. The smallest absolute Gasteiger partial charge is 0.342 e. The number of carbonyl (C=O) groups excluding carboxylic acids is 1. The minimum Gasteiger partial charge on any atom is -0.506 e. The minimum absolute atomic E-state index is 0.0771. The number of phenolic OH excluding ortho intramolecular Hbond substituents is 1. The van der Waals surface area contributed by atoms with Gasteiger partial charge in [-0.1, -0.05) is 41.6 Å². The predicted octanol–water partition coefficient (Wildman–Crippen LogP) is 4.99. The topological polar surface area (TPSA) is 46.5 Å². The summed E-state index contributed by atoms with van der Waals surface area (Å²) >= 11 is 7.71. The molecule has 1 N–H and O–H groups in total. The average Bonchev–Trinajstić information content (AvgIpc) is 2.51. The van der Waals surface area contributed by atoms with Gasteiger partial charge in [0.2, 0.25) is 0 Å². The molecule has 0 saturated heterocycles. The molecule has 5 heteroatoms. The molecule has 0 bridgehead atoms. The summed E-state index contributed by atoms with van der Waals surface area (Å²) in [6.07, 6.45) is 0. The summed E-state index contributed by atoms with van der Waals surface area (Å²) in [5, 5.41) is 11.0. The summed E-state index contributed by atoms with van der Waals surface area (Å²) in [7, 11) is 0. The molecule has 0 aliphatic heterocycles. The SMILES string of the molecule is CCOC(=O)c1c(C)c(Cl)c(C)c(Sc2ccccc2)c1O. The molecule has 0 aliphatic rings. The highest BCUT2D eigenvalue weighted by atomic mass is 35.5. The van der Waals surface area contributed by atoms with Gasteiger partial charge in [0.05, 0.1) is 11.5 Å². The average molecular weight is 337 g/mol. The number of aromatic hydroxyl groups is 1. The van der Waals surface area contributed by atoms with E-state index in [-0.39, 0.29) is 17.9 Å². The first kappa shape index (κ1) is 16.7. The summed E-state index contributed by atoms with van der Waals surface area (Å²) < 4.78 is 5.02. The van der Waals surface area contributed by atoms with Crippen LogP contribution in [-0.2, 0) is 4.74 Å². The van der Waals surface area contributed by atoms with E-state index in [1.807, 2.05) is 37.3 Å². The van der Waals surface area contributed by atoms with Crippen LogP contribution in [0, 0.1) is 13.8 Å². The van der Waals surface area contributed by atoms with Gasteiger partial charge in [-0.2, -0.15) is 0 Å². The molecule has 3 nitrogen and oxygen atoms in total.